The van der Waals surface area contributed by atoms with Crippen molar-refractivity contribution >= 4 is 0 Å². The van der Waals surface area contributed by atoms with Crippen molar-refractivity contribution in [1.29, 1.82) is 0 Å². The van der Waals surface area contributed by atoms with Crippen LogP contribution in [-0.4, -0.2) is 43.4 Å². The number of aliphatic hydroxyl groups excluding tert-OH is 1. The van der Waals surface area contributed by atoms with Crippen molar-refractivity contribution < 1.29 is 14.6 Å². The monoisotopic (exact) mass is 341 g/mol. The van der Waals surface area contributed by atoms with E-state index in [0.717, 1.165) is 44.0 Å². The minimum Gasteiger partial charge on any atom is -0.493 e. The molecule has 4 heteroatoms. The predicted molar refractivity (Wildman–Crippen MR) is 99.1 cm³/mol. The summed E-state index contributed by atoms with van der Waals surface area (Å²) in [5.41, 5.74) is 2.49. The Morgan fingerprint density at radius 3 is 2.48 bits per heavy atom. The minimum absolute atomic E-state index is 0.232. The van der Waals surface area contributed by atoms with E-state index >= 15 is 0 Å². The Morgan fingerprint density at radius 1 is 1.00 bits per heavy atom. The third kappa shape index (κ3) is 4.53. The number of likely N-dealkylation sites (tertiary alicyclic amines) is 1. The Kier molecular flexibility index (Phi) is 5.95. The molecule has 0 radical (unpaired) electrons. The average Bonchev–Trinajstić information content (AvgIpc) is 2.65. The summed E-state index contributed by atoms with van der Waals surface area (Å²) in [5.74, 6) is 1.71. The third-order valence-corrected chi connectivity index (χ3v) is 4.97. The summed E-state index contributed by atoms with van der Waals surface area (Å²) in [5, 5.41) is 10.5. The first-order valence-electron chi connectivity index (χ1n) is 8.85. The number of hydrogen-bond donors (Lipinski definition) is 1. The van der Waals surface area contributed by atoms with Crippen LogP contribution in [0, 0.1) is 5.92 Å². The van der Waals surface area contributed by atoms with Gasteiger partial charge in [-0.3, -0.25) is 4.90 Å². The quantitative estimate of drug-likeness (QED) is 0.876. The van der Waals surface area contributed by atoms with Crippen LogP contribution in [0.15, 0.2) is 48.5 Å². The Morgan fingerprint density at radius 2 is 1.76 bits per heavy atom. The molecule has 1 aliphatic heterocycles. The first-order valence-corrected chi connectivity index (χ1v) is 8.85. The molecular formula is C21H27NO3. The molecule has 0 aliphatic carbocycles. The van der Waals surface area contributed by atoms with E-state index in [-0.39, 0.29) is 12.0 Å². The van der Waals surface area contributed by atoms with E-state index in [2.05, 4.69) is 35.2 Å². The molecule has 0 aromatic heterocycles. The lowest BCUT2D eigenvalue weighted by molar-refractivity contribution is 0.0239. The SMILES string of the molecule is COc1ccc(CC2CN(Cc3ccccc3)CCC2O)cc1OC. The number of methoxy groups -OCH3 is 2. The van der Waals surface area contributed by atoms with Crippen molar-refractivity contribution in [2.75, 3.05) is 27.3 Å². The zero-order valence-corrected chi connectivity index (χ0v) is 15.0. The molecule has 1 heterocycles. The Hall–Kier alpha value is -2.04. The van der Waals surface area contributed by atoms with E-state index in [0.29, 0.717) is 0 Å². The van der Waals surface area contributed by atoms with Gasteiger partial charge in [-0.25, -0.2) is 0 Å². The Balaban J connectivity index is 1.66. The maximum Gasteiger partial charge on any atom is 0.160 e. The number of nitrogens with zero attached hydrogens (tertiary/aromatic N) is 1. The molecule has 1 saturated heterocycles. The summed E-state index contributed by atoms with van der Waals surface area (Å²) in [4.78, 5) is 2.44. The number of rotatable bonds is 6. The molecule has 2 aromatic rings. The van der Waals surface area contributed by atoms with E-state index in [1.165, 1.54) is 11.1 Å². The molecule has 0 bridgehead atoms. The maximum absolute atomic E-state index is 10.5. The summed E-state index contributed by atoms with van der Waals surface area (Å²) in [6, 6.07) is 16.5. The number of benzene rings is 2. The first-order chi connectivity index (χ1) is 12.2. The molecule has 2 unspecified atom stereocenters. The molecule has 1 aliphatic rings. The Bertz CT molecular complexity index is 674. The van der Waals surface area contributed by atoms with Crippen LogP contribution in [0.1, 0.15) is 17.5 Å². The average molecular weight is 341 g/mol. The summed E-state index contributed by atoms with van der Waals surface area (Å²) >= 11 is 0. The van der Waals surface area contributed by atoms with E-state index in [9.17, 15) is 5.11 Å². The Labute approximate surface area is 150 Å². The van der Waals surface area contributed by atoms with Gasteiger partial charge in [0.25, 0.3) is 0 Å². The highest BCUT2D eigenvalue weighted by molar-refractivity contribution is 5.43. The highest BCUT2D eigenvalue weighted by Gasteiger charge is 2.28. The standard InChI is InChI=1S/C21H27NO3/c1-24-20-9-8-17(13-21(20)25-2)12-18-15-22(11-10-19(18)23)14-16-6-4-3-5-7-16/h3-9,13,18-19,23H,10-12,14-15H2,1-2H3. The second-order valence-corrected chi connectivity index (χ2v) is 6.73. The van der Waals surface area contributed by atoms with Gasteiger partial charge in [0, 0.05) is 25.6 Å². The number of hydrogen-bond acceptors (Lipinski definition) is 4. The van der Waals surface area contributed by atoms with Gasteiger partial charge in [0.15, 0.2) is 11.5 Å². The number of ether oxygens (including phenoxy) is 2. The van der Waals surface area contributed by atoms with Gasteiger partial charge in [-0.2, -0.15) is 0 Å². The van der Waals surface area contributed by atoms with Crippen LogP contribution < -0.4 is 9.47 Å². The molecular weight excluding hydrogens is 314 g/mol. The zero-order chi connectivity index (χ0) is 17.6. The highest BCUT2D eigenvalue weighted by atomic mass is 16.5. The minimum atomic E-state index is -0.250. The first kappa shape index (κ1) is 17.8. The van der Waals surface area contributed by atoms with Crippen LogP contribution in [0.3, 0.4) is 0 Å². The number of piperidine rings is 1. The molecule has 2 atom stereocenters. The highest BCUT2D eigenvalue weighted by Crippen LogP contribution is 2.30. The molecule has 25 heavy (non-hydrogen) atoms. The van der Waals surface area contributed by atoms with Gasteiger partial charge in [0.05, 0.1) is 20.3 Å². The summed E-state index contributed by atoms with van der Waals surface area (Å²) < 4.78 is 10.7. The molecule has 2 aromatic carbocycles. The largest absolute Gasteiger partial charge is 0.493 e. The van der Waals surface area contributed by atoms with Crippen molar-refractivity contribution in [3.05, 3.63) is 59.7 Å². The van der Waals surface area contributed by atoms with Crippen molar-refractivity contribution in [3.8, 4) is 11.5 Å². The van der Waals surface area contributed by atoms with Gasteiger partial charge in [-0.1, -0.05) is 36.4 Å². The summed E-state index contributed by atoms with van der Waals surface area (Å²) in [6.07, 6.45) is 1.41. The van der Waals surface area contributed by atoms with Crippen molar-refractivity contribution in [3.63, 3.8) is 0 Å². The van der Waals surface area contributed by atoms with Crippen molar-refractivity contribution in [1.82, 2.24) is 4.90 Å². The van der Waals surface area contributed by atoms with Crippen LogP contribution >= 0.6 is 0 Å². The van der Waals surface area contributed by atoms with Gasteiger partial charge in [-0.15, -0.1) is 0 Å². The molecule has 0 amide bonds. The fourth-order valence-electron chi connectivity index (χ4n) is 3.59. The van der Waals surface area contributed by atoms with Gasteiger partial charge < -0.3 is 14.6 Å². The second kappa shape index (κ2) is 8.37. The van der Waals surface area contributed by atoms with Gasteiger partial charge in [0.1, 0.15) is 0 Å². The summed E-state index contributed by atoms with van der Waals surface area (Å²) in [6.45, 7) is 2.79. The molecule has 134 valence electrons. The fourth-order valence-corrected chi connectivity index (χ4v) is 3.59. The molecule has 1 fully saturated rings. The molecule has 0 saturated carbocycles. The van der Waals surface area contributed by atoms with Crippen molar-refractivity contribution in [2.24, 2.45) is 5.92 Å². The van der Waals surface area contributed by atoms with Crippen LogP contribution in [0.4, 0.5) is 0 Å². The van der Waals surface area contributed by atoms with E-state index in [4.69, 9.17) is 9.47 Å². The number of aliphatic hydroxyl groups is 1. The van der Waals surface area contributed by atoms with Crippen LogP contribution in [0.2, 0.25) is 0 Å². The second-order valence-electron chi connectivity index (χ2n) is 6.73. The topological polar surface area (TPSA) is 41.9 Å². The van der Waals surface area contributed by atoms with Crippen molar-refractivity contribution in [2.45, 2.75) is 25.5 Å². The predicted octanol–water partition coefficient (Wildman–Crippen LogP) is 3.13. The van der Waals surface area contributed by atoms with E-state index in [1.54, 1.807) is 14.2 Å². The van der Waals surface area contributed by atoms with Crippen LogP contribution in [0.25, 0.3) is 0 Å². The third-order valence-electron chi connectivity index (χ3n) is 4.97. The van der Waals surface area contributed by atoms with Gasteiger partial charge in [0.2, 0.25) is 0 Å². The van der Waals surface area contributed by atoms with Crippen LogP contribution in [0.5, 0.6) is 11.5 Å². The zero-order valence-electron chi connectivity index (χ0n) is 15.0. The normalized spacial score (nSPS) is 21.1. The lowest BCUT2D eigenvalue weighted by Crippen LogP contribution is -2.43. The lowest BCUT2D eigenvalue weighted by Gasteiger charge is -2.36. The smallest absolute Gasteiger partial charge is 0.160 e. The maximum atomic E-state index is 10.5. The van der Waals surface area contributed by atoms with Gasteiger partial charge >= 0.3 is 0 Å². The van der Waals surface area contributed by atoms with Crippen LogP contribution in [-0.2, 0) is 13.0 Å². The fraction of sp³-hybridized carbons (Fsp3) is 0.429. The van der Waals surface area contributed by atoms with Gasteiger partial charge in [-0.05, 0) is 36.1 Å². The summed E-state index contributed by atoms with van der Waals surface area (Å²) in [7, 11) is 3.29. The molecule has 4 nitrogen and oxygen atoms in total. The molecule has 0 spiro atoms. The molecule has 1 N–H and O–H groups in total. The van der Waals surface area contributed by atoms with E-state index in [1.807, 2.05) is 18.2 Å². The lowest BCUT2D eigenvalue weighted by atomic mass is 9.88. The molecule has 3 rings (SSSR count). The van der Waals surface area contributed by atoms with E-state index < -0.39 is 0 Å².